The highest BCUT2D eigenvalue weighted by Gasteiger charge is 2.34. The minimum absolute atomic E-state index is 0.00130. The molecular weight excluding hydrogens is 250 g/mol. The van der Waals surface area contributed by atoms with Gasteiger partial charge in [0.2, 0.25) is 11.6 Å². The van der Waals surface area contributed by atoms with Crippen molar-refractivity contribution < 1.29 is 14.2 Å². The molecule has 104 valence electrons. The van der Waals surface area contributed by atoms with Gasteiger partial charge in [-0.15, -0.1) is 0 Å². The number of fused-ring (bicyclic) bond motifs is 3. The summed E-state index contributed by atoms with van der Waals surface area (Å²) in [6.45, 7) is 3.22. The van der Waals surface area contributed by atoms with E-state index in [0.29, 0.717) is 5.92 Å². The van der Waals surface area contributed by atoms with Crippen LogP contribution in [0.3, 0.4) is 0 Å². The van der Waals surface area contributed by atoms with Gasteiger partial charge in [0, 0.05) is 6.54 Å². The number of hydrogen-bond acceptors (Lipinski definition) is 7. The topological polar surface area (TPSA) is 107 Å². The van der Waals surface area contributed by atoms with Crippen molar-refractivity contribution in [2.45, 2.75) is 18.9 Å². The number of carbonyl (C=O) groups excluding carboxylic acids is 1. The first-order valence-electron chi connectivity index (χ1n) is 6.44. The van der Waals surface area contributed by atoms with E-state index in [1.807, 2.05) is 0 Å². The van der Waals surface area contributed by atoms with Crippen LogP contribution in [0.15, 0.2) is 4.63 Å². The van der Waals surface area contributed by atoms with Crippen LogP contribution >= 0.6 is 0 Å². The fraction of sp³-hybridized carbons (Fsp3) is 0.727. The summed E-state index contributed by atoms with van der Waals surface area (Å²) in [7, 11) is 0. The van der Waals surface area contributed by atoms with Crippen LogP contribution in [-0.4, -0.2) is 53.5 Å². The van der Waals surface area contributed by atoms with Crippen molar-refractivity contribution in [2.24, 2.45) is 5.92 Å². The minimum atomic E-state index is -0.293. The number of nitrogens with one attached hydrogen (secondary N) is 1. The maximum Gasteiger partial charge on any atom is 0.251 e. The molecule has 0 unspecified atom stereocenters. The third-order valence-corrected chi connectivity index (χ3v) is 3.80. The number of nitrogens with two attached hydrogens (primary N) is 1. The van der Waals surface area contributed by atoms with Gasteiger partial charge in [0.1, 0.15) is 6.61 Å². The minimum Gasteiger partial charge on any atom is -0.378 e. The van der Waals surface area contributed by atoms with Crippen LogP contribution < -0.4 is 11.1 Å². The van der Waals surface area contributed by atoms with Gasteiger partial charge in [-0.2, -0.15) is 0 Å². The van der Waals surface area contributed by atoms with Gasteiger partial charge in [0.25, 0.3) is 5.91 Å². The molecular formula is C11H17N5O3. The monoisotopic (exact) mass is 267 g/mol. The number of amides is 1. The predicted molar refractivity (Wildman–Crippen MR) is 66.2 cm³/mol. The van der Waals surface area contributed by atoms with Crippen molar-refractivity contribution in [2.75, 3.05) is 37.3 Å². The molecule has 0 aliphatic carbocycles. The maximum atomic E-state index is 11.7. The molecule has 8 nitrogen and oxygen atoms in total. The number of aromatic nitrogens is 2. The molecule has 8 heteroatoms. The van der Waals surface area contributed by atoms with Crippen molar-refractivity contribution in [1.82, 2.24) is 15.2 Å². The van der Waals surface area contributed by atoms with Crippen LogP contribution in [0.25, 0.3) is 0 Å². The lowest BCUT2D eigenvalue weighted by molar-refractivity contribution is -0.128. The molecule has 3 aliphatic heterocycles. The van der Waals surface area contributed by atoms with Crippen molar-refractivity contribution in [3.8, 4) is 0 Å². The fourth-order valence-corrected chi connectivity index (χ4v) is 2.73. The first kappa shape index (κ1) is 12.4. The van der Waals surface area contributed by atoms with Crippen LogP contribution in [0.4, 0.5) is 11.6 Å². The summed E-state index contributed by atoms with van der Waals surface area (Å²) < 4.78 is 10.1. The number of nitrogens with zero attached hydrogens (tertiary/aromatic N) is 3. The third kappa shape index (κ3) is 2.69. The fourth-order valence-electron chi connectivity index (χ4n) is 2.73. The molecule has 0 spiro atoms. The summed E-state index contributed by atoms with van der Waals surface area (Å²) in [6.07, 6.45) is 2.47. The number of piperidine rings is 3. The zero-order chi connectivity index (χ0) is 13.2. The number of hydrogen-bond donors (Lipinski definition) is 2. The molecule has 19 heavy (non-hydrogen) atoms. The smallest absolute Gasteiger partial charge is 0.251 e. The van der Waals surface area contributed by atoms with Gasteiger partial charge in [0.05, 0.1) is 6.10 Å². The Morgan fingerprint density at radius 2 is 2.26 bits per heavy atom. The van der Waals surface area contributed by atoms with Crippen LogP contribution in [0.2, 0.25) is 0 Å². The van der Waals surface area contributed by atoms with Crippen molar-refractivity contribution >= 4 is 17.5 Å². The van der Waals surface area contributed by atoms with Crippen LogP contribution in [0, 0.1) is 5.92 Å². The summed E-state index contributed by atoms with van der Waals surface area (Å²) in [6, 6.07) is 0. The second-order valence-corrected chi connectivity index (χ2v) is 5.03. The number of rotatable bonds is 4. The quantitative estimate of drug-likeness (QED) is 0.771. The Morgan fingerprint density at radius 1 is 1.47 bits per heavy atom. The molecule has 0 radical (unpaired) electrons. The Balaban J connectivity index is 1.47. The second kappa shape index (κ2) is 5.14. The van der Waals surface area contributed by atoms with E-state index in [2.05, 4.69) is 25.2 Å². The number of anilines is 2. The summed E-state index contributed by atoms with van der Waals surface area (Å²) >= 11 is 0. The Kier molecular flexibility index (Phi) is 3.34. The molecule has 1 aromatic heterocycles. The van der Waals surface area contributed by atoms with Crippen LogP contribution in [-0.2, 0) is 9.53 Å². The summed E-state index contributed by atoms with van der Waals surface area (Å²) in [5, 5.41) is 9.37. The highest BCUT2D eigenvalue weighted by atomic mass is 16.6. The third-order valence-electron chi connectivity index (χ3n) is 3.80. The Labute approximate surface area is 110 Å². The summed E-state index contributed by atoms with van der Waals surface area (Å²) in [5.41, 5.74) is 5.45. The van der Waals surface area contributed by atoms with Gasteiger partial charge in [-0.05, 0) is 42.2 Å². The average molecular weight is 267 g/mol. The molecule has 1 amide bonds. The first-order chi connectivity index (χ1) is 9.22. The van der Waals surface area contributed by atoms with Crippen molar-refractivity contribution in [3.63, 3.8) is 0 Å². The molecule has 2 bridgehead atoms. The number of ether oxygens (including phenoxy) is 1. The molecule has 3 saturated heterocycles. The van der Waals surface area contributed by atoms with E-state index in [1.165, 1.54) is 0 Å². The van der Waals surface area contributed by atoms with Crippen molar-refractivity contribution in [1.29, 1.82) is 0 Å². The Bertz CT molecular complexity index is 455. The van der Waals surface area contributed by atoms with E-state index in [0.717, 1.165) is 32.5 Å². The largest absolute Gasteiger partial charge is 0.378 e. The van der Waals surface area contributed by atoms with Crippen molar-refractivity contribution in [3.05, 3.63) is 0 Å². The highest BCUT2D eigenvalue weighted by Crippen LogP contribution is 2.29. The summed E-state index contributed by atoms with van der Waals surface area (Å²) in [5.74, 6) is 0.495. The van der Waals surface area contributed by atoms with Gasteiger partial charge < -0.3 is 20.7 Å². The van der Waals surface area contributed by atoms with Crippen LogP contribution in [0.1, 0.15) is 12.8 Å². The molecule has 0 aromatic carbocycles. The van der Waals surface area contributed by atoms with E-state index in [-0.39, 0.29) is 30.3 Å². The molecule has 1 aromatic rings. The van der Waals surface area contributed by atoms with E-state index in [9.17, 15) is 4.79 Å². The van der Waals surface area contributed by atoms with Gasteiger partial charge in [-0.1, -0.05) is 0 Å². The predicted octanol–water partition coefficient (Wildman–Crippen LogP) is -0.299. The molecule has 4 heterocycles. The molecule has 3 fully saturated rings. The van der Waals surface area contributed by atoms with E-state index in [4.69, 9.17) is 10.5 Å². The Morgan fingerprint density at radius 3 is 2.84 bits per heavy atom. The lowest BCUT2D eigenvalue weighted by atomic mass is 9.86. The SMILES string of the molecule is Nc1nonc1NC(=O)CO[C@@H]1CN2CCC1CC2. The van der Waals surface area contributed by atoms with Gasteiger partial charge in [-0.25, -0.2) is 4.63 Å². The lowest BCUT2D eigenvalue weighted by Gasteiger charge is -2.44. The van der Waals surface area contributed by atoms with Gasteiger partial charge in [0.15, 0.2) is 0 Å². The zero-order valence-electron chi connectivity index (χ0n) is 10.5. The van der Waals surface area contributed by atoms with Gasteiger partial charge >= 0.3 is 0 Å². The van der Waals surface area contributed by atoms with Crippen LogP contribution in [0.5, 0.6) is 0 Å². The van der Waals surface area contributed by atoms with E-state index >= 15 is 0 Å². The number of nitrogen functional groups attached to an aromatic ring is 1. The molecule has 3 aliphatic rings. The molecule has 1 atom stereocenters. The second-order valence-electron chi connectivity index (χ2n) is 5.03. The molecule has 3 N–H and O–H groups in total. The normalized spacial score (nSPS) is 29.4. The van der Waals surface area contributed by atoms with E-state index in [1.54, 1.807) is 0 Å². The lowest BCUT2D eigenvalue weighted by Crippen LogP contribution is -2.51. The first-order valence-corrected chi connectivity index (χ1v) is 6.44. The summed E-state index contributed by atoms with van der Waals surface area (Å²) in [4.78, 5) is 14.1. The molecule has 4 rings (SSSR count). The zero-order valence-corrected chi connectivity index (χ0v) is 10.5. The average Bonchev–Trinajstić information content (AvgIpc) is 2.83. The standard InChI is InChI=1S/C11H17N5O3/c12-10-11(15-19-14-10)13-9(17)6-18-8-5-16-3-1-7(8)2-4-16/h7-8H,1-6H2,(H2,12,14)(H,13,15,17)/t8-/m1/s1. The molecule has 0 saturated carbocycles. The van der Waals surface area contributed by atoms with Gasteiger partial charge in [-0.3, -0.25) is 4.79 Å². The number of carbonyl (C=O) groups is 1. The maximum absolute atomic E-state index is 11.7. The highest BCUT2D eigenvalue weighted by molar-refractivity contribution is 5.92. The van der Waals surface area contributed by atoms with E-state index < -0.39 is 0 Å². The Hall–Kier alpha value is -1.67.